The third-order valence-corrected chi connectivity index (χ3v) is 3.94. The highest BCUT2D eigenvalue weighted by Crippen LogP contribution is 2.24. The van der Waals surface area contributed by atoms with Gasteiger partial charge in [0.05, 0.1) is 5.69 Å². The maximum Gasteiger partial charge on any atom is 0.359 e. The summed E-state index contributed by atoms with van der Waals surface area (Å²) in [5.41, 5.74) is 2.72. The van der Waals surface area contributed by atoms with E-state index in [1.54, 1.807) is 19.1 Å². The molecule has 116 valence electrons. The van der Waals surface area contributed by atoms with Crippen molar-refractivity contribution in [2.75, 3.05) is 0 Å². The van der Waals surface area contributed by atoms with Crippen molar-refractivity contribution < 1.29 is 13.9 Å². The quantitative estimate of drug-likeness (QED) is 0.537. The summed E-state index contributed by atoms with van der Waals surface area (Å²) < 4.78 is 18.5. The number of nitrogens with zero attached hydrogens (tertiary/aromatic N) is 2. The Morgan fingerprint density at radius 1 is 1.32 bits per heavy atom. The van der Waals surface area contributed by atoms with Crippen LogP contribution in [0.3, 0.4) is 0 Å². The van der Waals surface area contributed by atoms with E-state index < -0.39 is 18.0 Å². The summed E-state index contributed by atoms with van der Waals surface area (Å²) in [5, 5.41) is 7.05. The zero-order valence-electron chi connectivity index (χ0n) is 12.4. The van der Waals surface area contributed by atoms with Crippen LogP contribution in [0.1, 0.15) is 59.7 Å². The highest BCUT2D eigenvalue weighted by atomic mass is 19.1. The minimum Gasteiger partial charge on any atom is -0.451 e. The van der Waals surface area contributed by atoms with Crippen molar-refractivity contribution in [1.82, 2.24) is 15.2 Å². The number of esters is 1. The number of hydrogen-bond acceptors (Lipinski definition) is 4. The van der Waals surface area contributed by atoms with Gasteiger partial charge in [0.2, 0.25) is 5.95 Å². The number of carbonyl (C=O) groups excluding carboxylic acids is 1. The van der Waals surface area contributed by atoms with Crippen LogP contribution in [0.25, 0.3) is 0 Å². The zero-order chi connectivity index (χ0) is 15.5. The monoisotopic (exact) mass is 303 g/mol. The molecule has 0 saturated carbocycles. The van der Waals surface area contributed by atoms with Crippen molar-refractivity contribution in [3.63, 3.8) is 0 Å². The Bertz CT molecular complexity index is 684. The van der Waals surface area contributed by atoms with Gasteiger partial charge in [-0.2, -0.15) is 9.49 Å². The number of nitrogens with one attached hydrogen (secondary N) is 1. The standard InChI is InChI=1S/C16H18FN3O2/c1-10(12-8-5-9-14(17)18-12)22-16(21)15-11-6-3-2-4-7-13(11)19-20-15/h5,8-10H,2-4,6-7H2,1H3,(H,19,20). The van der Waals surface area contributed by atoms with E-state index in [0.717, 1.165) is 43.4 Å². The lowest BCUT2D eigenvalue weighted by Crippen LogP contribution is -2.13. The number of aromatic amines is 1. The first-order valence-electron chi connectivity index (χ1n) is 7.54. The van der Waals surface area contributed by atoms with Gasteiger partial charge in [-0.1, -0.05) is 12.5 Å². The first kappa shape index (κ1) is 14.7. The van der Waals surface area contributed by atoms with E-state index in [4.69, 9.17) is 4.74 Å². The second-order valence-electron chi connectivity index (χ2n) is 5.52. The van der Waals surface area contributed by atoms with E-state index in [1.165, 1.54) is 6.07 Å². The second kappa shape index (κ2) is 6.25. The molecule has 0 amide bonds. The fraction of sp³-hybridized carbons (Fsp3) is 0.438. The van der Waals surface area contributed by atoms with E-state index in [9.17, 15) is 9.18 Å². The first-order valence-corrected chi connectivity index (χ1v) is 7.54. The van der Waals surface area contributed by atoms with Crippen molar-refractivity contribution in [2.24, 2.45) is 0 Å². The predicted octanol–water partition coefficient (Wildman–Crippen LogP) is 3.13. The molecule has 0 aliphatic heterocycles. The number of fused-ring (bicyclic) bond motifs is 1. The average molecular weight is 303 g/mol. The lowest BCUT2D eigenvalue weighted by molar-refractivity contribution is 0.0319. The summed E-state index contributed by atoms with van der Waals surface area (Å²) in [6, 6.07) is 4.43. The van der Waals surface area contributed by atoms with Crippen molar-refractivity contribution >= 4 is 5.97 Å². The molecule has 0 spiro atoms. The molecule has 1 atom stereocenters. The van der Waals surface area contributed by atoms with Gasteiger partial charge in [-0.25, -0.2) is 9.78 Å². The molecular formula is C16H18FN3O2. The molecule has 2 aromatic rings. The van der Waals surface area contributed by atoms with Gasteiger partial charge in [0.1, 0.15) is 6.10 Å². The molecule has 1 aliphatic rings. The summed E-state index contributed by atoms with van der Waals surface area (Å²) in [7, 11) is 0. The molecule has 6 heteroatoms. The predicted molar refractivity (Wildman–Crippen MR) is 77.9 cm³/mol. The minimum atomic E-state index is -0.624. The van der Waals surface area contributed by atoms with Crippen LogP contribution >= 0.6 is 0 Å². The van der Waals surface area contributed by atoms with Crippen LogP contribution in [0.15, 0.2) is 18.2 Å². The summed E-state index contributed by atoms with van der Waals surface area (Å²) in [5.74, 6) is -1.08. The van der Waals surface area contributed by atoms with Gasteiger partial charge in [-0.05, 0) is 44.7 Å². The van der Waals surface area contributed by atoms with Crippen LogP contribution in [-0.2, 0) is 17.6 Å². The molecule has 5 nitrogen and oxygen atoms in total. The van der Waals surface area contributed by atoms with E-state index >= 15 is 0 Å². The molecule has 2 aromatic heterocycles. The molecular weight excluding hydrogens is 285 g/mol. The number of H-pyrrole nitrogens is 1. The molecule has 1 N–H and O–H groups in total. The lowest BCUT2D eigenvalue weighted by Gasteiger charge is -2.12. The number of aryl methyl sites for hydroxylation is 1. The Morgan fingerprint density at radius 3 is 2.95 bits per heavy atom. The number of carbonyl (C=O) groups is 1. The SMILES string of the molecule is CC(OC(=O)c1n[nH]c2c1CCCCC2)c1cccc(F)n1. The van der Waals surface area contributed by atoms with Gasteiger partial charge in [0.25, 0.3) is 0 Å². The summed E-state index contributed by atoms with van der Waals surface area (Å²) >= 11 is 0. The van der Waals surface area contributed by atoms with Crippen LogP contribution < -0.4 is 0 Å². The van der Waals surface area contributed by atoms with Crippen LogP contribution in [0.2, 0.25) is 0 Å². The normalized spacial score (nSPS) is 15.7. The highest BCUT2D eigenvalue weighted by molar-refractivity contribution is 5.89. The molecule has 0 fully saturated rings. The lowest BCUT2D eigenvalue weighted by atomic mass is 10.1. The molecule has 0 bridgehead atoms. The Hall–Kier alpha value is -2.24. The number of aromatic nitrogens is 3. The molecule has 0 saturated heterocycles. The fourth-order valence-electron chi connectivity index (χ4n) is 2.75. The molecule has 2 heterocycles. The van der Waals surface area contributed by atoms with Gasteiger partial charge in [-0.3, -0.25) is 5.10 Å². The van der Waals surface area contributed by atoms with E-state index in [2.05, 4.69) is 15.2 Å². The maximum absolute atomic E-state index is 13.1. The van der Waals surface area contributed by atoms with Crippen LogP contribution in [0, 0.1) is 5.95 Å². The van der Waals surface area contributed by atoms with Gasteiger partial charge < -0.3 is 4.74 Å². The van der Waals surface area contributed by atoms with E-state index in [-0.39, 0.29) is 0 Å². The number of ether oxygens (including phenoxy) is 1. The Kier molecular flexibility index (Phi) is 4.18. The van der Waals surface area contributed by atoms with Crippen molar-refractivity contribution in [2.45, 2.75) is 45.1 Å². The number of pyridine rings is 1. The smallest absolute Gasteiger partial charge is 0.359 e. The van der Waals surface area contributed by atoms with Crippen molar-refractivity contribution in [1.29, 1.82) is 0 Å². The third kappa shape index (κ3) is 3.00. The number of halogens is 1. The van der Waals surface area contributed by atoms with Crippen LogP contribution in [0.5, 0.6) is 0 Å². The zero-order valence-corrected chi connectivity index (χ0v) is 12.4. The van der Waals surface area contributed by atoms with Crippen molar-refractivity contribution in [3.8, 4) is 0 Å². The topological polar surface area (TPSA) is 67.9 Å². The molecule has 1 unspecified atom stereocenters. The van der Waals surface area contributed by atoms with Gasteiger partial charge in [0.15, 0.2) is 5.69 Å². The maximum atomic E-state index is 13.1. The van der Waals surface area contributed by atoms with Crippen LogP contribution in [-0.4, -0.2) is 21.2 Å². The Balaban J connectivity index is 1.76. The largest absolute Gasteiger partial charge is 0.451 e. The van der Waals surface area contributed by atoms with Gasteiger partial charge >= 0.3 is 5.97 Å². The highest BCUT2D eigenvalue weighted by Gasteiger charge is 2.24. The first-order chi connectivity index (χ1) is 10.6. The molecule has 22 heavy (non-hydrogen) atoms. The third-order valence-electron chi connectivity index (χ3n) is 3.94. The van der Waals surface area contributed by atoms with E-state index in [1.807, 2.05) is 0 Å². The number of hydrogen-bond donors (Lipinski definition) is 1. The molecule has 0 radical (unpaired) electrons. The van der Waals surface area contributed by atoms with Crippen LogP contribution in [0.4, 0.5) is 4.39 Å². The average Bonchev–Trinajstić information content (AvgIpc) is 2.76. The summed E-state index contributed by atoms with van der Waals surface area (Å²) in [6.45, 7) is 1.67. The summed E-state index contributed by atoms with van der Waals surface area (Å²) in [6.07, 6.45) is 4.43. The Morgan fingerprint density at radius 2 is 2.14 bits per heavy atom. The van der Waals surface area contributed by atoms with E-state index in [0.29, 0.717) is 11.4 Å². The summed E-state index contributed by atoms with van der Waals surface area (Å²) in [4.78, 5) is 16.1. The molecule has 0 aromatic carbocycles. The molecule has 1 aliphatic carbocycles. The fourth-order valence-corrected chi connectivity index (χ4v) is 2.75. The van der Waals surface area contributed by atoms with Gasteiger partial charge in [-0.15, -0.1) is 0 Å². The molecule has 3 rings (SSSR count). The second-order valence-corrected chi connectivity index (χ2v) is 5.52. The Labute approximate surface area is 127 Å². The minimum absolute atomic E-state index is 0.347. The van der Waals surface area contributed by atoms with Gasteiger partial charge in [0, 0.05) is 11.3 Å². The van der Waals surface area contributed by atoms with Crippen molar-refractivity contribution in [3.05, 3.63) is 46.8 Å². The number of rotatable bonds is 3.